The highest BCUT2D eigenvalue weighted by molar-refractivity contribution is 7.92. The molecule has 0 fully saturated rings. The van der Waals surface area contributed by atoms with E-state index < -0.39 is 10.0 Å². The zero-order chi connectivity index (χ0) is 20.1. The molecular formula is C20H20N2O5S. The van der Waals surface area contributed by atoms with Gasteiger partial charge in [-0.05, 0) is 67.1 Å². The molecule has 0 aliphatic carbocycles. The van der Waals surface area contributed by atoms with E-state index in [0.717, 1.165) is 0 Å². The van der Waals surface area contributed by atoms with E-state index in [-0.39, 0.29) is 17.3 Å². The van der Waals surface area contributed by atoms with E-state index in [1.807, 2.05) is 0 Å². The third kappa shape index (κ3) is 4.52. The first-order valence-electron chi connectivity index (χ1n) is 8.47. The average molecular weight is 400 g/mol. The summed E-state index contributed by atoms with van der Waals surface area (Å²) in [4.78, 5) is 12.4. The van der Waals surface area contributed by atoms with Crippen molar-refractivity contribution in [2.75, 3.05) is 11.8 Å². The number of methoxy groups -OCH3 is 1. The summed E-state index contributed by atoms with van der Waals surface area (Å²) in [7, 11) is -2.24. The van der Waals surface area contributed by atoms with Crippen LogP contribution in [-0.4, -0.2) is 21.4 Å². The first kappa shape index (κ1) is 19.5. The summed E-state index contributed by atoms with van der Waals surface area (Å²) in [5.41, 5.74) is 1.46. The predicted octanol–water partition coefficient (Wildman–Crippen LogP) is 3.33. The number of rotatable bonds is 7. The second-order valence-corrected chi connectivity index (χ2v) is 7.76. The Morgan fingerprint density at radius 1 is 1.11 bits per heavy atom. The molecule has 1 aromatic heterocycles. The largest absolute Gasteiger partial charge is 0.497 e. The number of amides is 1. The third-order valence-corrected chi connectivity index (χ3v) is 5.49. The SMILES string of the molecule is COc1ccc(S(=O)(=O)Nc2ccc(C(=O)NCc3ccco3)cc2C)cc1. The standard InChI is InChI=1S/C20H20N2O5S/c1-14-12-15(20(23)21-13-17-4-3-11-27-17)5-10-19(14)22-28(24,25)18-8-6-16(26-2)7-9-18/h3-12,22H,13H2,1-2H3,(H,21,23). The van der Waals surface area contributed by atoms with Gasteiger partial charge in [-0.15, -0.1) is 0 Å². The van der Waals surface area contributed by atoms with Crippen LogP contribution in [0.5, 0.6) is 5.75 Å². The number of anilines is 1. The van der Waals surface area contributed by atoms with Crippen molar-refractivity contribution in [3.63, 3.8) is 0 Å². The Morgan fingerprint density at radius 3 is 2.46 bits per heavy atom. The Balaban J connectivity index is 1.71. The molecule has 2 N–H and O–H groups in total. The van der Waals surface area contributed by atoms with E-state index in [9.17, 15) is 13.2 Å². The smallest absolute Gasteiger partial charge is 0.261 e. The van der Waals surface area contributed by atoms with E-state index in [1.165, 1.54) is 25.5 Å². The molecule has 146 valence electrons. The minimum absolute atomic E-state index is 0.118. The number of hydrogen-bond donors (Lipinski definition) is 2. The van der Waals surface area contributed by atoms with Gasteiger partial charge in [0, 0.05) is 5.56 Å². The van der Waals surface area contributed by atoms with Gasteiger partial charge >= 0.3 is 0 Å². The maximum atomic E-state index is 12.6. The van der Waals surface area contributed by atoms with Gasteiger partial charge in [0.25, 0.3) is 15.9 Å². The van der Waals surface area contributed by atoms with Crippen molar-refractivity contribution in [1.29, 1.82) is 0 Å². The number of aryl methyl sites for hydroxylation is 1. The fraction of sp³-hybridized carbons (Fsp3) is 0.150. The Labute approximate surface area is 163 Å². The lowest BCUT2D eigenvalue weighted by Crippen LogP contribution is -2.22. The van der Waals surface area contributed by atoms with E-state index in [0.29, 0.717) is 28.3 Å². The molecule has 1 amide bonds. The maximum absolute atomic E-state index is 12.6. The van der Waals surface area contributed by atoms with Gasteiger partial charge in [0.15, 0.2) is 0 Å². The van der Waals surface area contributed by atoms with Crippen molar-refractivity contribution in [2.45, 2.75) is 18.4 Å². The Bertz CT molecular complexity index is 1060. The summed E-state index contributed by atoms with van der Waals surface area (Å²) in [5, 5.41) is 2.75. The molecule has 0 spiro atoms. The molecule has 0 unspecified atom stereocenters. The second-order valence-electron chi connectivity index (χ2n) is 6.07. The molecule has 0 saturated carbocycles. The number of ether oxygens (including phenoxy) is 1. The Kier molecular flexibility index (Phi) is 5.70. The maximum Gasteiger partial charge on any atom is 0.261 e. The van der Waals surface area contributed by atoms with Crippen molar-refractivity contribution in [1.82, 2.24) is 5.32 Å². The Hall–Kier alpha value is -3.26. The molecule has 3 rings (SSSR count). The second kappa shape index (κ2) is 8.18. The minimum atomic E-state index is -3.75. The number of furan rings is 1. The lowest BCUT2D eigenvalue weighted by molar-refractivity contribution is 0.0948. The van der Waals surface area contributed by atoms with Gasteiger partial charge < -0.3 is 14.5 Å². The summed E-state index contributed by atoms with van der Waals surface area (Å²) in [6.07, 6.45) is 1.54. The average Bonchev–Trinajstić information content (AvgIpc) is 3.21. The number of sulfonamides is 1. The summed E-state index contributed by atoms with van der Waals surface area (Å²) in [5.74, 6) is 0.943. The minimum Gasteiger partial charge on any atom is -0.497 e. The molecule has 0 aliphatic heterocycles. The highest BCUT2D eigenvalue weighted by atomic mass is 32.2. The number of carbonyl (C=O) groups excluding carboxylic acids is 1. The van der Waals surface area contributed by atoms with Gasteiger partial charge in [0.1, 0.15) is 11.5 Å². The van der Waals surface area contributed by atoms with Gasteiger partial charge in [-0.3, -0.25) is 9.52 Å². The van der Waals surface area contributed by atoms with Crippen molar-refractivity contribution >= 4 is 21.6 Å². The van der Waals surface area contributed by atoms with E-state index in [2.05, 4.69) is 10.0 Å². The van der Waals surface area contributed by atoms with E-state index >= 15 is 0 Å². The van der Waals surface area contributed by atoms with Crippen LogP contribution in [0.3, 0.4) is 0 Å². The summed E-state index contributed by atoms with van der Waals surface area (Å²) >= 11 is 0. The van der Waals surface area contributed by atoms with Gasteiger partial charge in [0.05, 0.1) is 30.5 Å². The van der Waals surface area contributed by atoms with Gasteiger partial charge in [-0.25, -0.2) is 8.42 Å². The fourth-order valence-corrected chi connectivity index (χ4v) is 3.69. The van der Waals surface area contributed by atoms with Crippen LogP contribution in [0.2, 0.25) is 0 Å². The zero-order valence-corrected chi connectivity index (χ0v) is 16.2. The first-order chi connectivity index (χ1) is 13.4. The van der Waals surface area contributed by atoms with E-state index in [4.69, 9.17) is 9.15 Å². The Morgan fingerprint density at radius 2 is 1.86 bits per heavy atom. The van der Waals surface area contributed by atoms with Crippen LogP contribution in [0, 0.1) is 6.92 Å². The molecule has 2 aromatic carbocycles. The molecule has 0 aliphatic rings. The van der Waals surface area contributed by atoms with Crippen molar-refractivity contribution in [3.05, 3.63) is 77.7 Å². The van der Waals surface area contributed by atoms with E-state index in [1.54, 1.807) is 49.4 Å². The molecule has 0 bridgehead atoms. The van der Waals surface area contributed by atoms with Crippen LogP contribution in [0.1, 0.15) is 21.7 Å². The predicted molar refractivity (Wildman–Crippen MR) is 105 cm³/mol. The highest BCUT2D eigenvalue weighted by Crippen LogP contribution is 2.22. The zero-order valence-electron chi connectivity index (χ0n) is 15.4. The number of nitrogens with one attached hydrogen (secondary N) is 2. The quantitative estimate of drug-likeness (QED) is 0.634. The molecule has 1 heterocycles. The van der Waals surface area contributed by atoms with Gasteiger partial charge in [-0.2, -0.15) is 0 Å². The molecule has 8 heteroatoms. The summed E-state index contributed by atoms with van der Waals surface area (Å²) in [6.45, 7) is 2.01. The van der Waals surface area contributed by atoms with Crippen molar-refractivity contribution in [2.24, 2.45) is 0 Å². The van der Waals surface area contributed by atoms with Crippen LogP contribution < -0.4 is 14.8 Å². The van der Waals surface area contributed by atoms with Crippen molar-refractivity contribution in [3.8, 4) is 5.75 Å². The topological polar surface area (TPSA) is 97.6 Å². The number of benzene rings is 2. The molecule has 0 radical (unpaired) electrons. The van der Waals surface area contributed by atoms with Crippen LogP contribution >= 0.6 is 0 Å². The van der Waals surface area contributed by atoms with Crippen LogP contribution in [0.25, 0.3) is 0 Å². The van der Waals surface area contributed by atoms with Crippen LogP contribution in [0.15, 0.2) is 70.2 Å². The molecular weight excluding hydrogens is 380 g/mol. The summed E-state index contributed by atoms with van der Waals surface area (Å²) < 4.78 is 37.9. The van der Waals surface area contributed by atoms with Crippen molar-refractivity contribution < 1.29 is 22.4 Å². The first-order valence-corrected chi connectivity index (χ1v) is 9.95. The van der Waals surface area contributed by atoms with Crippen LogP contribution in [-0.2, 0) is 16.6 Å². The molecule has 28 heavy (non-hydrogen) atoms. The molecule has 3 aromatic rings. The number of carbonyl (C=O) groups is 1. The monoisotopic (exact) mass is 400 g/mol. The fourth-order valence-electron chi connectivity index (χ4n) is 2.56. The lowest BCUT2D eigenvalue weighted by Gasteiger charge is -2.12. The van der Waals surface area contributed by atoms with Crippen LogP contribution in [0.4, 0.5) is 5.69 Å². The van der Waals surface area contributed by atoms with Gasteiger partial charge in [-0.1, -0.05) is 0 Å². The lowest BCUT2D eigenvalue weighted by atomic mass is 10.1. The molecule has 0 saturated heterocycles. The molecule has 7 nitrogen and oxygen atoms in total. The highest BCUT2D eigenvalue weighted by Gasteiger charge is 2.16. The normalized spacial score (nSPS) is 11.1. The number of hydrogen-bond acceptors (Lipinski definition) is 5. The summed E-state index contributed by atoms with van der Waals surface area (Å²) in [6, 6.07) is 14.4. The third-order valence-electron chi connectivity index (χ3n) is 4.11. The molecule has 0 atom stereocenters. The van der Waals surface area contributed by atoms with Gasteiger partial charge in [0.2, 0.25) is 0 Å².